The number of hydrogen-bond donors (Lipinski definition) is 0. The Balaban J connectivity index is 2.26. The molecule has 0 N–H and O–H groups in total. The van der Waals surface area contributed by atoms with Crippen LogP contribution in [0.3, 0.4) is 0 Å². The van der Waals surface area contributed by atoms with E-state index < -0.39 is 0 Å². The molecular formula is C17H21ClO. The summed E-state index contributed by atoms with van der Waals surface area (Å²) in [6.45, 7) is 8.69. The Labute approximate surface area is 120 Å². The van der Waals surface area contributed by atoms with Gasteiger partial charge in [-0.25, -0.2) is 0 Å². The summed E-state index contributed by atoms with van der Waals surface area (Å²) >= 11 is 6.52. The first-order chi connectivity index (χ1) is 8.95. The molecule has 0 spiro atoms. The lowest BCUT2D eigenvalue weighted by Gasteiger charge is -2.23. The predicted molar refractivity (Wildman–Crippen MR) is 80.9 cm³/mol. The zero-order valence-electron chi connectivity index (χ0n) is 12.0. The zero-order chi connectivity index (χ0) is 14.0. The highest BCUT2D eigenvalue weighted by atomic mass is 35.5. The SMILES string of the molecule is CCC(C)(C)c1ccc(C(Cl)c2ccoc2C)cc1. The highest BCUT2D eigenvalue weighted by Gasteiger charge is 2.19. The number of alkyl halides is 1. The summed E-state index contributed by atoms with van der Waals surface area (Å²) in [5, 5.41) is -0.141. The smallest absolute Gasteiger partial charge is 0.105 e. The average Bonchev–Trinajstić information content (AvgIpc) is 2.84. The van der Waals surface area contributed by atoms with E-state index in [0.717, 1.165) is 23.3 Å². The quantitative estimate of drug-likeness (QED) is 0.662. The normalized spacial score (nSPS) is 13.5. The Hall–Kier alpha value is -1.21. The Morgan fingerprint density at radius 3 is 2.26 bits per heavy atom. The fourth-order valence-electron chi connectivity index (χ4n) is 2.14. The van der Waals surface area contributed by atoms with E-state index in [1.807, 2.05) is 13.0 Å². The summed E-state index contributed by atoms with van der Waals surface area (Å²) in [6.07, 6.45) is 2.81. The number of furan rings is 1. The largest absolute Gasteiger partial charge is 0.469 e. The molecule has 0 aliphatic rings. The fraction of sp³-hybridized carbons (Fsp3) is 0.412. The molecule has 1 aromatic carbocycles. The second-order valence-corrected chi connectivity index (χ2v) is 6.09. The molecule has 0 saturated carbocycles. The second-order valence-electron chi connectivity index (χ2n) is 5.65. The molecule has 1 aromatic heterocycles. The van der Waals surface area contributed by atoms with Gasteiger partial charge in [-0.3, -0.25) is 0 Å². The van der Waals surface area contributed by atoms with Crippen molar-refractivity contribution in [1.29, 1.82) is 0 Å². The summed E-state index contributed by atoms with van der Waals surface area (Å²) in [5.41, 5.74) is 3.73. The number of hydrogen-bond acceptors (Lipinski definition) is 1. The highest BCUT2D eigenvalue weighted by molar-refractivity contribution is 6.22. The molecule has 1 heterocycles. The van der Waals surface area contributed by atoms with Crippen molar-refractivity contribution in [2.75, 3.05) is 0 Å². The zero-order valence-corrected chi connectivity index (χ0v) is 12.8. The van der Waals surface area contributed by atoms with E-state index in [-0.39, 0.29) is 10.8 Å². The fourth-order valence-corrected chi connectivity index (χ4v) is 2.52. The van der Waals surface area contributed by atoms with Gasteiger partial charge in [-0.2, -0.15) is 0 Å². The lowest BCUT2D eigenvalue weighted by Crippen LogP contribution is -2.15. The van der Waals surface area contributed by atoms with E-state index in [4.69, 9.17) is 16.0 Å². The molecule has 19 heavy (non-hydrogen) atoms. The van der Waals surface area contributed by atoms with E-state index in [9.17, 15) is 0 Å². The lowest BCUT2D eigenvalue weighted by atomic mass is 9.82. The summed E-state index contributed by atoms with van der Waals surface area (Å²) in [4.78, 5) is 0. The first-order valence-electron chi connectivity index (χ1n) is 6.74. The molecule has 0 amide bonds. The van der Waals surface area contributed by atoms with Gasteiger partial charge in [0.1, 0.15) is 5.76 Å². The van der Waals surface area contributed by atoms with Crippen LogP contribution in [-0.4, -0.2) is 0 Å². The topological polar surface area (TPSA) is 13.1 Å². The van der Waals surface area contributed by atoms with Crippen LogP contribution in [0, 0.1) is 6.92 Å². The van der Waals surface area contributed by atoms with Gasteiger partial charge in [-0.1, -0.05) is 45.0 Å². The van der Waals surface area contributed by atoms with Crippen LogP contribution in [0.15, 0.2) is 41.0 Å². The van der Waals surface area contributed by atoms with Gasteiger partial charge in [0.2, 0.25) is 0 Å². The van der Waals surface area contributed by atoms with E-state index in [1.54, 1.807) is 6.26 Å². The molecular weight excluding hydrogens is 256 g/mol. The average molecular weight is 277 g/mol. The van der Waals surface area contributed by atoms with Crippen molar-refractivity contribution in [3.8, 4) is 0 Å². The lowest BCUT2D eigenvalue weighted by molar-refractivity contribution is 0.506. The molecule has 0 saturated heterocycles. The molecule has 2 heteroatoms. The first kappa shape index (κ1) is 14.2. The third-order valence-electron chi connectivity index (χ3n) is 4.04. The van der Waals surface area contributed by atoms with Crippen molar-refractivity contribution in [3.05, 3.63) is 59.0 Å². The van der Waals surface area contributed by atoms with Gasteiger partial charge in [0, 0.05) is 5.56 Å². The van der Waals surface area contributed by atoms with Crippen molar-refractivity contribution in [2.45, 2.75) is 44.9 Å². The van der Waals surface area contributed by atoms with Crippen LogP contribution in [0.25, 0.3) is 0 Å². The minimum atomic E-state index is -0.141. The van der Waals surface area contributed by atoms with E-state index in [2.05, 4.69) is 45.0 Å². The Morgan fingerprint density at radius 1 is 1.16 bits per heavy atom. The third-order valence-corrected chi connectivity index (χ3v) is 4.53. The summed E-state index contributed by atoms with van der Waals surface area (Å²) < 4.78 is 5.32. The van der Waals surface area contributed by atoms with Gasteiger partial charge in [-0.05, 0) is 36.0 Å². The maximum Gasteiger partial charge on any atom is 0.105 e. The van der Waals surface area contributed by atoms with Gasteiger partial charge in [0.05, 0.1) is 11.6 Å². The maximum absolute atomic E-state index is 6.52. The molecule has 0 bridgehead atoms. The van der Waals surface area contributed by atoms with Gasteiger partial charge in [0.25, 0.3) is 0 Å². The molecule has 0 radical (unpaired) electrons. The second kappa shape index (κ2) is 5.42. The summed E-state index contributed by atoms with van der Waals surface area (Å²) in [6, 6.07) is 10.6. The summed E-state index contributed by atoms with van der Waals surface area (Å²) in [7, 11) is 0. The number of benzene rings is 1. The van der Waals surface area contributed by atoms with Crippen LogP contribution in [0.4, 0.5) is 0 Å². The van der Waals surface area contributed by atoms with Gasteiger partial charge < -0.3 is 4.42 Å². The van der Waals surface area contributed by atoms with E-state index in [1.165, 1.54) is 5.56 Å². The van der Waals surface area contributed by atoms with E-state index in [0.29, 0.717) is 0 Å². The van der Waals surface area contributed by atoms with Crippen molar-refractivity contribution in [2.24, 2.45) is 0 Å². The van der Waals surface area contributed by atoms with Crippen molar-refractivity contribution in [3.63, 3.8) is 0 Å². The van der Waals surface area contributed by atoms with Gasteiger partial charge >= 0.3 is 0 Å². The van der Waals surface area contributed by atoms with Crippen LogP contribution in [0.5, 0.6) is 0 Å². The molecule has 1 unspecified atom stereocenters. The Morgan fingerprint density at radius 2 is 1.79 bits per heavy atom. The number of aryl methyl sites for hydroxylation is 1. The van der Waals surface area contributed by atoms with Gasteiger partial charge in [-0.15, -0.1) is 11.6 Å². The molecule has 0 aliphatic heterocycles. The van der Waals surface area contributed by atoms with Crippen LogP contribution in [-0.2, 0) is 5.41 Å². The van der Waals surface area contributed by atoms with Crippen molar-refractivity contribution < 1.29 is 4.42 Å². The van der Waals surface area contributed by atoms with Crippen LogP contribution >= 0.6 is 11.6 Å². The molecule has 1 atom stereocenters. The van der Waals surface area contributed by atoms with Crippen LogP contribution < -0.4 is 0 Å². The maximum atomic E-state index is 6.52. The minimum Gasteiger partial charge on any atom is -0.469 e. The molecule has 0 aliphatic carbocycles. The highest BCUT2D eigenvalue weighted by Crippen LogP contribution is 2.33. The first-order valence-corrected chi connectivity index (χ1v) is 7.18. The van der Waals surface area contributed by atoms with E-state index >= 15 is 0 Å². The molecule has 2 aromatic rings. The van der Waals surface area contributed by atoms with Crippen LogP contribution in [0.2, 0.25) is 0 Å². The van der Waals surface area contributed by atoms with Gasteiger partial charge in [0.15, 0.2) is 0 Å². The van der Waals surface area contributed by atoms with Crippen molar-refractivity contribution in [1.82, 2.24) is 0 Å². The Kier molecular flexibility index (Phi) is 4.05. The van der Waals surface area contributed by atoms with Crippen molar-refractivity contribution >= 4 is 11.6 Å². The standard InChI is InChI=1S/C17H21ClO/c1-5-17(3,4)14-8-6-13(7-9-14)16(18)15-10-11-19-12(15)2/h6-11,16H,5H2,1-4H3. The Bertz CT molecular complexity index is 537. The third kappa shape index (κ3) is 2.87. The summed E-state index contributed by atoms with van der Waals surface area (Å²) in [5.74, 6) is 0.887. The molecule has 102 valence electrons. The monoisotopic (exact) mass is 276 g/mol. The number of rotatable bonds is 4. The molecule has 0 fully saturated rings. The predicted octanol–water partition coefficient (Wildman–Crippen LogP) is 5.60. The number of halogens is 1. The molecule has 1 nitrogen and oxygen atoms in total. The minimum absolute atomic E-state index is 0.141. The van der Waals surface area contributed by atoms with Crippen LogP contribution in [0.1, 0.15) is 55.0 Å². The molecule has 2 rings (SSSR count).